The second kappa shape index (κ2) is 5.61. The molecule has 0 aliphatic heterocycles. The molecule has 3 fully saturated rings. The van der Waals surface area contributed by atoms with Crippen LogP contribution in [0.2, 0.25) is 0 Å². The van der Waals surface area contributed by atoms with Gasteiger partial charge in [0.1, 0.15) is 0 Å². The lowest BCUT2D eigenvalue weighted by molar-refractivity contribution is 0.00140. The zero-order valence-corrected chi connectivity index (χ0v) is 13.6. The first kappa shape index (κ1) is 14.8. The average Bonchev–Trinajstić information content (AvgIpc) is 3.24. The summed E-state index contributed by atoms with van der Waals surface area (Å²) in [6.07, 6.45) is 9.12. The van der Waals surface area contributed by atoms with Gasteiger partial charge >= 0.3 is 0 Å². The molecular weight excluding hydrogens is 246 g/mol. The minimum absolute atomic E-state index is 0.0472. The summed E-state index contributed by atoms with van der Waals surface area (Å²) in [6.45, 7) is 9.59. The monoisotopic (exact) mass is 279 g/mol. The quantitative estimate of drug-likeness (QED) is 0.830. The van der Waals surface area contributed by atoms with Crippen LogP contribution in [0.3, 0.4) is 0 Å². The Hall–Kier alpha value is -0.0800. The van der Waals surface area contributed by atoms with Crippen molar-refractivity contribution in [3.05, 3.63) is 0 Å². The molecule has 0 spiro atoms. The third-order valence-electron chi connectivity index (χ3n) is 5.89. The lowest BCUT2D eigenvalue weighted by Gasteiger charge is -2.42. The van der Waals surface area contributed by atoms with Gasteiger partial charge in [0.25, 0.3) is 0 Å². The predicted molar refractivity (Wildman–Crippen MR) is 83.6 cm³/mol. The molecule has 3 rings (SSSR count). The maximum absolute atomic E-state index is 10.4. The van der Waals surface area contributed by atoms with Crippen molar-refractivity contribution in [1.29, 1.82) is 0 Å². The van der Waals surface area contributed by atoms with Crippen LogP contribution >= 0.6 is 0 Å². The number of hydrogen-bond donors (Lipinski definition) is 1. The maximum atomic E-state index is 10.4. The smallest absolute Gasteiger partial charge is 0.0580 e. The van der Waals surface area contributed by atoms with Crippen molar-refractivity contribution in [2.45, 2.75) is 77.9 Å². The molecule has 2 nitrogen and oxygen atoms in total. The molecule has 0 aromatic heterocycles. The van der Waals surface area contributed by atoms with Gasteiger partial charge in [0.2, 0.25) is 0 Å². The van der Waals surface area contributed by atoms with E-state index >= 15 is 0 Å². The fraction of sp³-hybridized carbons (Fsp3) is 1.00. The van der Waals surface area contributed by atoms with E-state index in [4.69, 9.17) is 0 Å². The summed E-state index contributed by atoms with van der Waals surface area (Å²) in [5.41, 5.74) is 0.402. The van der Waals surface area contributed by atoms with E-state index in [-0.39, 0.29) is 6.10 Å². The molecule has 2 heteroatoms. The summed E-state index contributed by atoms with van der Waals surface area (Å²) in [6, 6.07) is 0.859. The summed E-state index contributed by atoms with van der Waals surface area (Å²) in [7, 11) is 0. The largest absolute Gasteiger partial charge is 0.393 e. The maximum Gasteiger partial charge on any atom is 0.0580 e. The summed E-state index contributed by atoms with van der Waals surface area (Å²) < 4.78 is 0. The van der Waals surface area contributed by atoms with Crippen LogP contribution in [0.1, 0.15) is 65.7 Å². The van der Waals surface area contributed by atoms with E-state index < -0.39 is 0 Å². The first-order valence-electron chi connectivity index (χ1n) is 8.85. The summed E-state index contributed by atoms with van der Waals surface area (Å²) >= 11 is 0. The summed E-state index contributed by atoms with van der Waals surface area (Å²) in [5, 5.41) is 10.4. The molecule has 0 heterocycles. The van der Waals surface area contributed by atoms with Crippen LogP contribution in [-0.4, -0.2) is 35.2 Å². The normalized spacial score (nSPS) is 35.5. The van der Waals surface area contributed by atoms with Gasteiger partial charge in [-0.15, -0.1) is 0 Å². The number of aliphatic hydroxyl groups is 1. The standard InChI is InChI=1S/C18H33NO/c1-18(2,3)15-6-9-17(20)14(10-15)12-19(16-7-8-16)11-13-4-5-13/h13-17,20H,4-12H2,1-3H3. The summed E-state index contributed by atoms with van der Waals surface area (Å²) in [4.78, 5) is 2.73. The molecule has 3 saturated carbocycles. The zero-order chi connectivity index (χ0) is 14.3. The topological polar surface area (TPSA) is 23.5 Å². The van der Waals surface area contributed by atoms with E-state index in [1.807, 2.05) is 0 Å². The minimum Gasteiger partial charge on any atom is -0.393 e. The second-order valence-corrected chi connectivity index (χ2v) is 8.83. The first-order valence-corrected chi connectivity index (χ1v) is 8.85. The van der Waals surface area contributed by atoms with E-state index in [2.05, 4.69) is 25.7 Å². The average molecular weight is 279 g/mol. The van der Waals surface area contributed by atoms with Crippen molar-refractivity contribution in [1.82, 2.24) is 4.90 Å². The molecule has 20 heavy (non-hydrogen) atoms. The van der Waals surface area contributed by atoms with Crippen molar-refractivity contribution in [3.8, 4) is 0 Å². The fourth-order valence-electron chi connectivity index (χ4n) is 3.98. The molecule has 0 saturated heterocycles. The molecule has 0 bridgehead atoms. The van der Waals surface area contributed by atoms with Crippen molar-refractivity contribution in [2.75, 3.05) is 13.1 Å². The Morgan fingerprint density at radius 1 is 0.950 bits per heavy atom. The molecule has 0 aromatic carbocycles. The van der Waals surface area contributed by atoms with Gasteiger partial charge < -0.3 is 5.11 Å². The second-order valence-electron chi connectivity index (χ2n) is 8.83. The third kappa shape index (κ3) is 3.76. The molecule has 3 aliphatic carbocycles. The Morgan fingerprint density at radius 2 is 1.65 bits per heavy atom. The SMILES string of the molecule is CC(C)(C)C1CCC(O)C(CN(CC2CC2)C2CC2)C1. The highest BCUT2D eigenvalue weighted by Crippen LogP contribution is 2.42. The predicted octanol–water partition coefficient (Wildman–Crippen LogP) is 3.68. The van der Waals surface area contributed by atoms with Gasteiger partial charge in [0, 0.05) is 19.1 Å². The minimum atomic E-state index is -0.0472. The fourth-order valence-corrected chi connectivity index (χ4v) is 3.98. The van der Waals surface area contributed by atoms with Crippen LogP contribution in [0.15, 0.2) is 0 Å². The van der Waals surface area contributed by atoms with Crippen LogP contribution < -0.4 is 0 Å². The Morgan fingerprint density at radius 3 is 2.20 bits per heavy atom. The van der Waals surface area contributed by atoms with E-state index in [1.165, 1.54) is 45.1 Å². The Bertz CT molecular complexity index is 327. The highest BCUT2D eigenvalue weighted by molar-refractivity contribution is 4.92. The molecule has 0 radical (unpaired) electrons. The van der Waals surface area contributed by atoms with Crippen molar-refractivity contribution in [2.24, 2.45) is 23.2 Å². The van der Waals surface area contributed by atoms with Crippen molar-refractivity contribution >= 4 is 0 Å². The first-order chi connectivity index (χ1) is 9.43. The molecule has 1 N–H and O–H groups in total. The number of hydrogen-bond acceptors (Lipinski definition) is 2. The number of rotatable bonds is 5. The lowest BCUT2D eigenvalue weighted by atomic mass is 9.68. The van der Waals surface area contributed by atoms with Crippen LogP contribution in [0.25, 0.3) is 0 Å². The van der Waals surface area contributed by atoms with Gasteiger partial charge in [-0.2, -0.15) is 0 Å². The Kier molecular flexibility index (Phi) is 4.16. The third-order valence-corrected chi connectivity index (χ3v) is 5.89. The highest BCUT2D eigenvalue weighted by Gasteiger charge is 2.39. The van der Waals surface area contributed by atoms with Gasteiger partial charge in [-0.1, -0.05) is 20.8 Å². The van der Waals surface area contributed by atoms with Crippen LogP contribution in [0.4, 0.5) is 0 Å². The van der Waals surface area contributed by atoms with E-state index in [0.717, 1.165) is 30.8 Å². The molecule has 3 atom stereocenters. The van der Waals surface area contributed by atoms with Crippen LogP contribution in [-0.2, 0) is 0 Å². The van der Waals surface area contributed by atoms with Crippen molar-refractivity contribution in [3.63, 3.8) is 0 Å². The Balaban J connectivity index is 1.58. The van der Waals surface area contributed by atoms with Gasteiger partial charge in [-0.25, -0.2) is 0 Å². The van der Waals surface area contributed by atoms with E-state index in [1.54, 1.807) is 0 Å². The molecule has 0 aromatic rings. The van der Waals surface area contributed by atoms with Gasteiger partial charge in [0.15, 0.2) is 0 Å². The van der Waals surface area contributed by atoms with Crippen LogP contribution in [0.5, 0.6) is 0 Å². The summed E-state index contributed by atoms with van der Waals surface area (Å²) in [5.74, 6) is 2.29. The molecule has 116 valence electrons. The van der Waals surface area contributed by atoms with Gasteiger partial charge in [-0.05, 0) is 68.1 Å². The van der Waals surface area contributed by atoms with Crippen molar-refractivity contribution < 1.29 is 5.11 Å². The van der Waals surface area contributed by atoms with Crippen LogP contribution in [0, 0.1) is 23.2 Å². The highest BCUT2D eigenvalue weighted by atomic mass is 16.3. The number of nitrogens with zero attached hydrogens (tertiary/aromatic N) is 1. The van der Waals surface area contributed by atoms with E-state index in [9.17, 15) is 5.11 Å². The molecule has 3 unspecified atom stereocenters. The van der Waals surface area contributed by atoms with E-state index in [0.29, 0.717) is 11.3 Å². The Labute approximate surface area is 124 Å². The number of aliphatic hydroxyl groups excluding tert-OH is 1. The van der Waals surface area contributed by atoms with Gasteiger partial charge in [0.05, 0.1) is 6.10 Å². The molecule has 3 aliphatic rings. The lowest BCUT2D eigenvalue weighted by Crippen LogP contribution is -2.42. The zero-order valence-electron chi connectivity index (χ0n) is 13.6. The molecule has 0 amide bonds. The molecular formula is C18H33NO. The van der Waals surface area contributed by atoms with Gasteiger partial charge in [-0.3, -0.25) is 4.90 Å².